The number of piperidine rings is 1. The quantitative estimate of drug-likeness (QED) is 0.865. The Labute approximate surface area is 140 Å². The Kier molecular flexibility index (Phi) is 4.41. The zero-order valence-electron chi connectivity index (χ0n) is 13.4. The zero-order chi connectivity index (χ0) is 15.7. The molecule has 0 aliphatic carbocycles. The van der Waals surface area contributed by atoms with Crippen LogP contribution < -0.4 is 10.6 Å². The van der Waals surface area contributed by atoms with Crippen LogP contribution in [-0.2, 0) is 21.5 Å². The molecule has 126 valence electrons. The lowest BCUT2D eigenvalue weighted by Crippen LogP contribution is -2.44. The van der Waals surface area contributed by atoms with Crippen LogP contribution in [0.5, 0.6) is 0 Å². The third-order valence-electron chi connectivity index (χ3n) is 5.20. The number of hydrogen-bond acceptors (Lipinski definition) is 5. The first-order chi connectivity index (χ1) is 11.3. The highest BCUT2D eigenvalue weighted by atomic mass is 32.1. The molecule has 2 fully saturated rings. The van der Waals surface area contributed by atoms with Crippen LogP contribution >= 0.6 is 11.3 Å². The SMILES string of the molecule is O=C(NC1CCOCC1)c1cc2c(s1)CCOC21CCNCC1. The van der Waals surface area contributed by atoms with Gasteiger partial charge in [-0.2, -0.15) is 0 Å². The molecule has 2 N–H and O–H groups in total. The van der Waals surface area contributed by atoms with Crippen LogP contribution in [0.1, 0.15) is 45.8 Å². The van der Waals surface area contributed by atoms with E-state index >= 15 is 0 Å². The van der Waals surface area contributed by atoms with Gasteiger partial charge in [0.15, 0.2) is 0 Å². The summed E-state index contributed by atoms with van der Waals surface area (Å²) in [5.41, 5.74) is 1.11. The number of ether oxygens (including phenoxy) is 2. The first-order valence-corrected chi connectivity index (χ1v) is 9.45. The van der Waals surface area contributed by atoms with Gasteiger partial charge in [0.2, 0.25) is 0 Å². The fourth-order valence-corrected chi connectivity index (χ4v) is 5.01. The third kappa shape index (κ3) is 3.05. The Hall–Kier alpha value is -0.950. The number of carbonyl (C=O) groups excluding carboxylic acids is 1. The second-order valence-corrected chi connectivity index (χ2v) is 7.79. The van der Waals surface area contributed by atoms with Crippen molar-refractivity contribution in [2.75, 3.05) is 32.9 Å². The van der Waals surface area contributed by atoms with Gasteiger partial charge in [-0.15, -0.1) is 11.3 Å². The van der Waals surface area contributed by atoms with E-state index in [0.717, 1.165) is 69.9 Å². The summed E-state index contributed by atoms with van der Waals surface area (Å²) in [4.78, 5) is 14.8. The second-order valence-electron chi connectivity index (χ2n) is 6.65. The minimum Gasteiger partial charge on any atom is -0.381 e. The van der Waals surface area contributed by atoms with Crippen molar-refractivity contribution in [3.05, 3.63) is 21.4 Å². The molecule has 0 saturated carbocycles. The van der Waals surface area contributed by atoms with Crippen LogP contribution in [0.15, 0.2) is 6.07 Å². The van der Waals surface area contributed by atoms with Crippen molar-refractivity contribution in [2.24, 2.45) is 0 Å². The predicted octanol–water partition coefficient (Wildman–Crippen LogP) is 1.81. The van der Waals surface area contributed by atoms with Gasteiger partial charge in [-0.05, 0) is 50.4 Å². The topological polar surface area (TPSA) is 59.6 Å². The molecule has 23 heavy (non-hydrogen) atoms. The first-order valence-electron chi connectivity index (χ1n) is 8.63. The van der Waals surface area contributed by atoms with Crippen molar-refractivity contribution in [3.63, 3.8) is 0 Å². The fourth-order valence-electron chi connectivity index (χ4n) is 3.87. The van der Waals surface area contributed by atoms with E-state index in [9.17, 15) is 4.79 Å². The lowest BCUT2D eigenvalue weighted by molar-refractivity contribution is -0.0792. The summed E-state index contributed by atoms with van der Waals surface area (Å²) in [5, 5.41) is 6.58. The zero-order valence-corrected chi connectivity index (χ0v) is 14.2. The number of thiophene rings is 1. The summed E-state index contributed by atoms with van der Waals surface area (Å²) in [5.74, 6) is 0.0698. The molecular formula is C17H24N2O3S. The van der Waals surface area contributed by atoms with Gasteiger partial charge in [-0.1, -0.05) is 0 Å². The van der Waals surface area contributed by atoms with Crippen LogP contribution in [-0.4, -0.2) is 44.9 Å². The molecule has 1 amide bonds. The van der Waals surface area contributed by atoms with Crippen molar-refractivity contribution in [1.29, 1.82) is 0 Å². The summed E-state index contributed by atoms with van der Waals surface area (Å²) >= 11 is 1.66. The van der Waals surface area contributed by atoms with Gasteiger partial charge < -0.3 is 20.1 Å². The highest BCUT2D eigenvalue weighted by Crippen LogP contribution is 2.43. The van der Waals surface area contributed by atoms with Crippen molar-refractivity contribution >= 4 is 17.2 Å². The third-order valence-corrected chi connectivity index (χ3v) is 6.39. The normalized spacial score (nSPS) is 24.3. The lowest BCUT2D eigenvalue weighted by Gasteiger charge is -2.40. The highest BCUT2D eigenvalue weighted by molar-refractivity contribution is 7.14. The van der Waals surface area contributed by atoms with Crippen LogP contribution in [0.25, 0.3) is 0 Å². The lowest BCUT2D eigenvalue weighted by atomic mass is 9.83. The predicted molar refractivity (Wildman–Crippen MR) is 89.1 cm³/mol. The summed E-state index contributed by atoms with van der Waals surface area (Å²) in [6.45, 7) is 4.23. The molecule has 1 spiro atoms. The van der Waals surface area contributed by atoms with E-state index in [2.05, 4.69) is 16.7 Å². The van der Waals surface area contributed by atoms with E-state index in [1.165, 1.54) is 10.4 Å². The molecule has 6 heteroatoms. The minimum absolute atomic E-state index is 0.0698. The Balaban J connectivity index is 1.53. The van der Waals surface area contributed by atoms with Gasteiger partial charge >= 0.3 is 0 Å². The number of carbonyl (C=O) groups is 1. The molecule has 1 aromatic heterocycles. The van der Waals surface area contributed by atoms with Crippen molar-refractivity contribution in [2.45, 2.75) is 43.7 Å². The molecule has 0 radical (unpaired) electrons. The van der Waals surface area contributed by atoms with E-state index in [1.807, 2.05) is 0 Å². The van der Waals surface area contributed by atoms with Crippen molar-refractivity contribution in [1.82, 2.24) is 10.6 Å². The minimum atomic E-state index is -0.160. The van der Waals surface area contributed by atoms with Gasteiger partial charge in [0.25, 0.3) is 5.91 Å². The number of rotatable bonds is 2. The number of fused-ring (bicyclic) bond motifs is 2. The van der Waals surface area contributed by atoms with Gasteiger partial charge in [0, 0.05) is 30.6 Å². The molecule has 5 nitrogen and oxygen atoms in total. The van der Waals surface area contributed by atoms with Crippen molar-refractivity contribution in [3.8, 4) is 0 Å². The monoisotopic (exact) mass is 336 g/mol. The average Bonchev–Trinajstić information content (AvgIpc) is 3.03. The second kappa shape index (κ2) is 6.51. The Bertz CT molecular complexity index is 574. The average molecular weight is 336 g/mol. The molecule has 4 rings (SSSR count). The van der Waals surface area contributed by atoms with E-state index in [-0.39, 0.29) is 17.6 Å². The van der Waals surface area contributed by atoms with E-state index in [0.29, 0.717) is 0 Å². The Morgan fingerprint density at radius 2 is 2.04 bits per heavy atom. The number of nitrogens with one attached hydrogen (secondary N) is 2. The largest absolute Gasteiger partial charge is 0.381 e. The first kappa shape index (κ1) is 15.6. The molecule has 0 unspecified atom stereocenters. The smallest absolute Gasteiger partial charge is 0.261 e. The molecule has 3 aliphatic rings. The van der Waals surface area contributed by atoms with Gasteiger partial charge in [0.1, 0.15) is 0 Å². The van der Waals surface area contributed by atoms with E-state index in [4.69, 9.17) is 9.47 Å². The highest BCUT2D eigenvalue weighted by Gasteiger charge is 2.40. The fraction of sp³-hybridized carbons (Fsp3) is 0.706. The van der Waals surface area contributed by atoms with Crippen LogP contribution in [0.3, 0.4) is 0 Å². The van der Waals surface area contributed by atoms with Gasteiger partial charge in [-0.25, -0.2) is 0 Å². The molecule has 0 aromatic carbocycles. The summed E-state index contributed by atoms with van der Waals surface area (Å²) in [6.07, 6.45) is 4.75. The molecule has 4 heterocycles. The van der Waals surface area contributed by atoms with Gasteiger partial charge in [0.05, 0.1) is 17.1 Å². The van der Waals surface area contributed by atoms with Crippen LogP contribution in [0, 0.1) is 0 Å². The molecule has 0 bridgehead atoms. The maximum Gasteiger partial charge on any atom is 0.261 e. The molecule has 0 atom stereocenters. The standard InChI is InChI=1S/C17H24N2O3S/c20-16(19-12-1-8-21-9-2-12)15-11-13-14(23-15)3-10-22-17(13)4-6-18-7-5-17/h11-12,18H,1-10H2,(H,19,20). The number of amides is 1. The Morgan fingerprint density at radius 1 is 1.26 bits per heavy atom. The number of hydrogen-bond donors (Lipinski definition) is 2. The molecule has 2 saturated heterocycles. The molecular weight excluding hydrogens is 312 g/mol. The van der Waals surface area contributed by atoms with Crippen LogP contribution in [0.2, 0.25) is 0 Å². The summed E-state index contributed by atoms with van der Waals surface area (Å²) in [6, 6.07) is 2.35. The maximum atomic E-state index is 12.6. The van der Waals surface area contributed by atoms with Crippen LogP contribution in [0.4, 0.5) is 0 Å². The molecule has 3 aliphatic heterocycles. The molecule has 1 aromatic rings. The van der Waals surface area contributed by atoms with Crippen molar-refractivity contribution < 1.29 is 14.3 Å². The maximum absolute atomic E-state index is 12.6. The van der Waals surface area contributed by atoms with E-state index < -0.39 is 0 Å². The summed E-state index contributed by atoms with van der Waals surface area (Å²) in [7, 11) is 0. The Morgan fingerprint density at radius 3 is 2.83 bits per heavy atom. The van der Waals surface area contributed by atoms with Gasteiger partial charge in [-0.3, -0.25) is 4.79 Å². The van der Waals surface area contributed by atoms with E-state index in [1.54, 1.807) is 11.3 Å². The summed E-state index contributed by atoms with van der Waals surface area (Å²) < 4.78 is 11.6.